The second-order valence-corrected chi connectivity index (χ2v) is 4.60. The molecule has 0 aromatic rings. The van der Waals surface area contributed by atoms with Gasteiger partial charge >= 0.3 is 0 Å². The normalized spacial score (nSPS) is 11.4. The molecule has 0 aromatic heterocycles. The number of aliphatic hydroxyl groups is 1. The van der Waals surface area contributed by atoms with Gasteiger partial charge in [-0.1, -0.05) is 70.4 Å². The Hall–Kier alpha value is -0.300. The van der Waals surface area contributed by atoms with Gasteiger partial charge in [-0.25, -0.2) is 0 Å². The van der Waals surface area contributed by atoms with Crippen molar-refractivity contribution in [3.63, 3.8) is 0 Å². The van der Waals surface area contributed by atoms with Crippen LogP contribution < -0.4 is 0 Å². The van der Waals surface area contributed by atoms with E-state index < -0.39 is 0 Å². The van der Waals surface area contributed by atoms with E-state index in [9.17, 15) is 0 Å². The zero-order valence-electron chi connectivity index (χ0n) is 11.1. The highest BCUT2D eigenvalue weighted by molar-refractivity contribution is 4.80. The molecule has 0 spiro atoms. The lowest BCUT2D eigenvalue weighted by atomic mass is 10.1. The molecule has 0 aliphatic heterocycles. The average Bonchev–Trinajstić information content (AvgIpc) is 2.31. The van der Waals surface area contributed by atoms with Crippen LogP contribution in [0.2, 0.25) is 0 Å². The molecule has 0 unspecified atom stereocenters. The molecule has 0 heterocycles. The third kappa shape index (κ3) is 13.7. The molecule has 0 atom stereocenters. The molecule has 1 N–H and O–H groups in total. The van der Waals surface area contributed by atoms with E-state index in [4.69, 9.17) is 5.11 Å². The number of aliphatic hydroxyl groups excluding tert-OH is 1. The quantitative estimate of drug-likeness (QED) is 0.373. The number of hydrogen-bond donors (Lipinski definition) is 1. The summed E-state index contributed by atoms with van der Waals surface area (Å²) in [7, 11) is 0. The van der Waals surface area contributed by atoms with E-state index in [1.807, 2.05) is 0 Å². The van der Waals surface area contributed by atoms with Gasteiger partial charge in [0.1, 0.15) is 0 Å². The van der Waals surface area contributed by atoms with Gasteiger partial charge in [0.25, 0.3) is 0 Å². The zero-order valence-corrected chi connectivity index (χ0v) is 11.1. The van der Waals surface area contributed by atoms with E-state index >= 15 is 0 Å². The van der Waals surface area contributed by atoms with Crippen LogP contribution in [0.5, 0.6) is 0 Å². The Morgan fingerprint density at radius 1 is 0.688 bits per heavy atom. The summed E-state index contributed by atoms with van der Waals surface area (Å²) in [6.07, 6.45) is 18.9. The van der Waals surface area contributed by atoms with Gasteiger partial charge in [0, 0.05) is 6.61 Å². The molecule has 0 aromatic carbocycles. The molecule has 0 fully saturated rings. The largest absolute Gasteiger partial charge is 0.396 e. The molecule has 0 rings (SSSR count). The standard InChI is InChI=1S/C15H30O/c1-2-3-4-5-6-7-8-9-10-11-12-13-14-15-16/h12-13,16H,2-11,14-15H2,1H3. The monoisotopic (exact) mass is 226 g/mol. The molecule has 0 saturated carbocycles. The topological polar surface area (TPSA) is 20.2 Å². The van der Waals surface area contributed by atoms with E-state index in [0.717, 1.165) is 6.42 Å². The summed E-state index contributed by atoms with van der Waals surface area (Å²) >= 11 is 0. The first kappa shape index (κ1) is 15.7. The first-order valence-electron chi connectivity index (χ1n) is 7.17. The van der Waals surface area contributed by atoms with E-state index in [2.05, 4.69) is 19.1 Å². The van der Waals surface area contributed by atoms with Gasteiger partial charge in [0.15, 0.2) is 0 Å². The molecule has 1 heteroatoms. The summed E-state index contributed by atoms with van der Waals surface area (Å²) in [5.41, 5.74) is 0. The maximum absolute atomic E-state index is 8.58. The van der Waals surface area contributed by atoms with Crippen molar-refractivity contribution in [3.8, 4) is 0 Å². The van der Waals surface area contributed by atoms with Crippen molar-refractivity contribution in [2.45, 2.75) is 77.6 Å². The summed E-state index contributed by atoms with van der Waals surface area (Å²) in [5.74, 6) is 0. The predicted octanol–water partition coefficient (Wildman–Crippen LogP) is 4.85. The number of allylic oxidation sites excluding steroid dienone is 1. The van der Waals surface area contributed by atoms with Crippen LogP contribution in [0.4, 0.5) is 0 Å². The van der Waals surface area contributed by atoms with Crippen molar-refractivity contribution < 1.29 is 5.11 Å². The van der Waals surface area contributed by atoms with Crippen LogP contribution >= 0.6 is 0 Å². The van der Waals surface area contributed by atoms with E-state index in [-0.39, 0.29) is 6.61 Å². The van der Waals surface area contributed by atoms with Crippen LogP contribution in [0.15, 0.2) is 12.2 Å². The van der Waals surface area contributed by atoms with Crippen LogP contribution in [0, 0.1) is 0 Å². The van der Waals surface area contributed by atoms with Crippen molar-refractivity contribution in [2.75, 3.05) is 6.61 Å². The van der Waals surface area contributed by atoms with Gasteiger partial charge in [-0.3, -0.25) is 0 Å². The predicted molar refractivity (Wildman–Crippen MR) is 72.7 cm³/mol. The van der Waals surface area contributed by atoms with Crippen molar-refractivity contribution in [2.24, 2.45) is 0 Å². The fourth-order valence-electron chi connectivity index (χ4n) is 1.88. The molecule has 0 aliphatic carbocycles. The fraction of sp³-hybridized carbons (Fsp3) is 0.867. The molecule has 0 saturated heterocycles. The highest BCUT2D eigenvalue weighted by Gasteiger charge is 1.90. The molecule has 0 aliphatic rings. The minimum absolute atomic E-state index is 0.286. The molecule has 1 nitrogen and oxygen atoms in total. The Balaban J connectivity index is 2.93. The summed E-state index contributed by atoms with van der Waals surface area (Å²) in [6, 6.07) is 0. The van der Waals surface area contributed by atoms with E-state index in [1.54, 1.807) is 0 Å². The van der Waals surface area contributed by atoms with Crippen LogP contribution in [0.25, 0.3) is 0 Å². The second kappa shape index (κ2) is 14.7. The van der Waals surface area contributed by atoms with E-state index in [1.165, 1.54) is 64.2 Å². The van der Waals surface area contributed by atoms with Gasteiger partial charge in [-0.15, -0.1) is 0 Å². The van der Waals surface area contributed by atoms with Crippen LogP contribution in [-0.2, 0) is 0 Å². The molecule has 0 amide bonds. The Kier molecular flexibility index (Phi) is 14.4. The number of hydrogen-bond acceptors (Lipinski definition) is 1. The lowest BCUT2D eigenvalue weighted by Crippen LogP contribution is -1.81. The SMILES string of the molecule is CCCCCCCCCCCC=CCCO. The molecular weight excluding hydrogens is 196 g/mol. The highest BCUT2D eigenvalue weighted by atomic mass is 16.2. The zero-order chi connectivity index (χ0) is 11.9. The maximum atomic E-state index is 8.58. The summed E-state index contributed by atoms with van der Waals surface area (Å²) in [6.45, 7) is 2.55. The molecular formula is C15H30O. The Morgan fingerprint density at radius 2 is 1.19 bits per heavy atom. The Labute approximate surface area is 102 Å². The van der Waals surface area contributed by atoms with Crippen molar-refractivity contribution in [3.05, 3.63) is 12.2 Å². The minimum Gasteiger partial charge on any atom is -0.396 e. The van der Waals surface area contributed by atoms with Gasteiger partial charge in [-0.2, -0.15) is 0 Å². The molecule has 0 radical (unpaired) electrons. The van der Waals surface area contributed by atoms with E-state index in [0.29, 0.717) is 0 Å². The van der Waals surface area contributed by atoms with Gasteiger partial charge in [-0.05, 0) is 19.3 Å². The Morgan fingerprint density at radius 3 is 1.75 bits per heavy atom. The number of rotatable bonds is 12. The third-order valence-corrected chi connectivity index (χ3v) is 2.94. The van der Waals surface area contributed by atoms with Crippen LogP contribution in [-0.4, -0.2) is 11.7 Å². The second-order valence-electron chi connectivity index (χ2n) is 4.60. The average molecular weight is 226 g/mol. The summed E-state index contributed by atoms with van der Waals surface area (Å²) in [4.78, 5) is 0. The smallest absolute Gasteiger partial charge is 0.0465 e. The first-order chi connectivity index (χ1) is 7.91. The lowest BCUT2D eigenvalue weighted by molar-refractivity contribution is 0.302. The van der Waals surface area contributed by atoms with Gasteiger partial charge in [0.2, 0.25) is 0 Å². The van der Waals surface area contributed by atoms with Crippen molar-refractivity contribution >= 4 is 0 Å². The molecule has 16 heavy (non-hydrogen) atoms. The van der Waals surface area contributed by atoms with Crippen LogP contribution in [0.3, 0.4) is 0 Å². The van der Waals surface area contributed by atoms with Gasteiger partial charge in [0.05, 0.1) is 0 Å². The summed E-state index contributed by atoms with van der Waals surface area (Å²) in [5, 5.41) is 8.58. The van der Waals surface area contributed by atoms with Crippen molar-refractivity contribution in [1.82, 2.24) is 0 Å². The minimum atomic E-state index is 0.286. The fourth-order valence-corrected chi connectivity index (χ4v) is 1.88. The summed E-state index contributed by atoms with van der Waals surface area (Å²) < 4.78 is 0. The Bertz CT molecular complexity index is 140. The maximum Gasteiger partial charge on any atom is 0.0465 e. The number of unbranched alkanes of at least 4 members (excludes halogenated alkanes) is 9. The van der Waals surface area contributed by atoms with Crippen molar-refractivity contribution in [1.29, 1.82) is 0 Å². The first-order valence-corrected chi connectivity index (χ1v) is 7.17. The van der Waals surface area contributed by atoms with Gasteiger partial charge < -0.3 is 5.11 Å². The third-order valence-electron chi connectivity index (χ3n) is 2.94. The highest BCUT2D eigenvalue weighted by Crippen LogP contribution is 2.10. The lowest BCUT2D eigenvalue weighted by Gasteiger charge is -2.00. The molecule has 0 bridgehead atoms. The molecule has 96 valence electrons. The van der Waals surface area contributed by atoms with Crippen LogP contribution in [0.1, 0.15) is 77.6 Å².